The molecule has 0 amide bonds. The highest BCUT2D eigenvalue weighted by molar-refractivity contribution is 7.80. The van der Waals surface area contributed by atoms with Gasteiger partial charge in [0.05, 0.1) is 10.7 Å². The number of benzene rings is 1. The number of halogens is 1. The first kappa shape index (κ1) is 6.78. The number of hydrogen-bond donors (Lipinski definition) is 2. The molecular formula is C6H6ClNS. The van der Waals surface area contributed by atoms with Gasteiger partial charge in [-0.3, -0.25) is 0 Å². The van der Waals surface area contributed by atoms with E-state index in [0.29, 0.717) is 10.7 Å². The van der Waals surface area contributed by atoms with E-state index in [2.05, 4.69) is 12.6 Å². The Bertz CT molecular complexity index is 224. The Morgan fingerprint density at radius 2 is 2.11 bits per heavy atom. The fourth-order valence-electron chi connectivity index (χ4n) is 0.531. The van der Waals surface area contributed by atoms with E-state index in [0.717, 1.165) is 4.90 Å². The van der Waals surface area contributed by atoms with Crippen LogP contribution in [0.25, 0.3) is 0 Å². The topological polar surface area (TPSA) is 26.0 Å². The molecule has 3 heteroatoms. The van der Waals surface area contributed by atoms with Crippen molar-refractivity contribution in [2.24, 2.45) is 0 Å². The van der Waals surface area contributed by atoms with E-state index < -0.39 is 0 Å². The predicted octanol–water partition coefficient (Wildman–Crippen LogP) is 2.21. The SMILES string of the molecule is Nc1cc(S)ccc1Cl. The van der Waals surface area contributed by atoms with Gasteiger partial charge in [0.1, 0.15) is 0 Å². The largest absolute Gasteiger partial charge is 0.397 e. The van der Waals surface area contributed by atoms with Crippen LogP contribution in [0.1, 0.15) is 0 Å². The Hall–Kier alpha value is -0.340. The third kappa shape index (κ3) is 1.53. The molecule has 0 aliphatic rings. The fraction of sp³-hybridized carbons (Fsp3) is 0. The lowest BCUT2D eigenvalue weighted by Crippen LogP contribution is -1.84. The summed E-state index contributed by atoms with van der Waals surface area (Å²) in [6, 6.07) is 5.23. The first-order chi connectivity index (χ1) is 4.20. The predicted molar refractivity (Wildman–Crippen MR) is 43.1 cm³/mol. The van der Waals surface area contributed by atoms with Crippen LogP contribution >= 0.6 is 24.2 Å². The van der Waals surface area contributed by atoms with Gasteiger partial charge in [-0.2, -0.15) is 0 Å². The van der Waals surface area contributed by atoms with Crippen molar-refractivity contribution in [1.29, 1.82) is 0 Å². The maximum absolute atomic E-state index is 5.62. The Morgan fingerprint density at radius 3 is 2.56 bits per heavy atom. The highest BCUT2D eigenvalue weighted by atomic mass is 35.5. The van der Waals surface area contributed by atoms with Gasteiger partial charge in [-0.25, -0.2) is 0 Å². The molecule has 0 fully saturated rings. The number of nitrogen functional groups attached to an aromatic ring is 1. The van der Waals surface area contributed by atoms with Crippen LogP contribution in [0.3, 0.4) is 0 Å². The zero-order valence-electron chi connectivity index (χ0n) is 4.63. The van der Waals surface area contributed by atoms with Gasteiger partial charge in [0.25, 0.3) is 0 Å². The minimum Gasteiger partial charge on any atom is -0.397 e. The molecule has 0 spiro atoms. The average Bonchev–Trinajstić information content (AvgIpc) is 1.80. The molecule has 0 saturated heterocycles. The quantitative estimate of drug-likeness (QED) is 0.441. The highest BCUT2D eigenvalue weighted by Crippen LogP contribution is 2.20. The van der Waals surface area contributed by atoms with Crippen molar-refractivity contribution in [3.05, 3.63) is 23.2 Å². The average molecular weight is 160 g/mol. The standard InChI is InChI=1S/C6H6ClNS/c7-5-2-1-4(9)3-6(5)8/h1-3,9H,8H2. The lowest BCUT2D eigenvalue weighted by molar-refractivity contribution is 1.48. The number of rotatable bonds is 0. The van der Waals surface area contributed by atoms with E-state index in [9.17, 15) is 0 Å². The van der Waals surface area contributed by atoms with Crippen molar-refractivity contribution in [3.8, 4) is 0 Å². The molecule has 1 rings (SSSR count). The summed E-state index contributed by atoms with van der Waals surface area (Å²) in [5.41, 5.74) is 6.01. The molecule has 0 aliphatic heterocycles. The second-order valence-corrected chi connectivity index (χ2v) is 2.63. The summed E-state index contributed by atoms with van der Waals surface area (Å²) in [5, 5.41) is 0.577. The van der Waals surface area contributed by atoms with E-state index in [1.807, 2.05) is 0 Å². The Kier molecular flexibility index (Phi) is 1.88. The molecule has 0 radical (unpaired) electrons. The van der Waals surface area contributed by atoms with Crippen molar-refractivity contribution in [2.45, 2.75) is 4.90 Å². The molecule has 1 aromatic rings. The normalized spacial score (nSPS) is 9.56. The molecule has 0 unspecified atom stereocenters. The Balaban J connectivity index is 3.17. The first-order valence-electron chi connectivity index (χ1n) is 2.44. The van der Waals surface area contributed by atoms with Gasteiger partial charge in [-0.1, -0.05) is 11.6 Å². The van der Waals surface area contributed by atoms with Gasteiger partial charge in [0, 0.05) is 4.90 Å². The molecule has 0 heterocycles. The van der Waals surface area contributed by atoms with Crippen molar-refractivity contribution >= 4 is 29.9 Å². The van der Waals surface area contributed by atoms with Crippen LogP contribution in [0.15, 0.2) is 23.1 Å². The first-order valence-corrected chi connectivity index (χ1v) is 3.26. The zero-order chi connectivity index (χ0) is 6.85. The zero-order valence-corrected chi connectivity index (χ0v) is 6.28. The summed E-state index contributed by atoms with van der Waals surface area (Å²) in [7, 11) is 0. The van der Waals surface area contributed by atoms with Crippen molar-refractivity contribution in [1.82, 2.24) is 0 Å². The molecule has 0 saturated carbocycles. The fourth-order valence-corrected chi connectivity index (χ4v) is 0.862. The highest BCUT2D eigenvalue weighted by Gasteiger charge is 1.92. The van der Waals surface area contributed by atoms with Gasteiger partial charge in [0.2, 0.25) is 0 Å². The van der Waals surface area contributed by atoms with Crippen LogP contribution in [-0.4, -0.2) is 0 Å². The number of thiol groups is 1. The summed E-state index contributed by atoms with van der Waals surface area (Å²) in [4.78, 5) is 0.830. The lowest BCUT2D eigenvalue weighted by atomic mass is 10.3. The third-order valence-corrected chi connectivity index (χ3v) is 1.60. The van der Waals surface area contributed by atoms with Gasteiger partial charge in [-0.15, -0.1) is 12.6 Å². The minimum absolute atomic E-state index is 0.573. The Morgan fingerprint density at radius 1 is 1.44 bits per heavy atom. The van der Waals surface area contributed by atoms with Crippen molar-refractivity contribution < 1.29 is 0 Å². The maximum Gasteiger partial charge on any atom is 0.0636 e. The molecule has 0 atom stereocenters. The second kappa shape index (κ2) is 2.50. The lowest BCUT2D eigenvalue weighted by Gasteiger charge is -1.95. The molecule has 0 aliphatic carbocycles. The molecule has 0 bridgehead atoms. The van der Waals surface area contributed by atoms with Crippen LogP contribution in [0.5, 0.6) is 0 Å². The van der Waals surface area contributed by atoms with Crippen molar-refractivity contribution in [3.63, 3.8) is 0 Å². The molecule has 9 heavy (non-hydrogen) atoms. The van der Waals surface area contributed by atoms with Gasteiger partial charge in [0.15, 0.2) is 0 Å². The summed E-state index contributed by atoms with van der Waals surface area (Å²) in [5.74, 6) is 0. The Labute approximate surface area is 64.2 Å². The number of hydrogen-bond acceptors (Lipinski definition) is 2. The maximum atomic E-state index is 5.62. The number of anilines is 1. The smallest absolute Gasteiger partial charge is 0.0636 e. The molecule has 2 N–H and O–H groups in total. The summed E-state index contributed by atoms with van der Waals surface area (Å²) in [6.45, 7) is 0. The number of nitrogens with two attached hydrogens (primary N) is 1. The monoisotopic (exact) mass is 159 g/mol. The summed E-state index contributed by atoms with van der Waals surface area (Å²) in [6.07, 6.45) is 0. The van der Waals surface area contributed by atoms with Crippen LogP contribution in [0.2, 0.25) is 5.02 Å². The summed E-state index contributed by atoms with van der Waals surface area (Å²) >= 11 is 9.68. The third-order valence-electron chi connectivity index (χ3n) is 0.980. The van der Waals surface area contributed by atoms with E-state index in [-0.39, 0.29) is 0 Å². The molecule has 1 nitrogen and oxygen atoms in total. The molecule has 1 aromatic carbocycles. The van der Waals surface area contributed by atoms with Gasteiger partial charge < -0.3 is 5.73 Å². The van der Waals surface area contributed by atoms with E-state index in [1.54, 1.807) is 18.2 Å². The molecular weight excluding hydrogens is 154 g/mol. The van der Waals surface area contributed by atoms with Crippen LogP contribution in [0, 0.1) is 0 Å². The second-order valence-electron chi connectivity index (χ2n) is 1.71. The van der Waals surface area contributed by atoms with E-state index in [4.69, 9.17) is 17.3 Å². The molecule has 0 aromatic heterocycles. The van der Waals surface area contributed by atoms with Crippen LogP contribution < -0.4 is 5.73 Å². The summed E-state index contributed by atoms with van der Waals surface area (Å²) < 4.78 is 0. The minimum atomic E-state index is 0.573. The molecule has 48 valence electrons. The van der Waals surface area contributed by atoms with E-state index in [1.165, 1.54) is 0 Å². The van der Waals surface area contributed by atoms with Gasteiger partial charge >= 0.3 is 0 Å². The van der Waals surface area contributed by atoms with Crippen LogP contribution in [0.4, 0.5) is 5.69 Å². The van der Waals surface area contributed by atoms with Gasteiger partial charge in [-0.05, 0) is 18.2 Å². The van der Waals surface area contributed by atoms with E-state index >= 15 is 0 Å². The van der Waals surface area contributed by atoms with Crippen molar-refractivity contribution in [2.75, 3.05) is 5.73 Å². The van der Waals surface area contributed by atoms with Crippen LogP contribution in [-0.2, 0) is 0 Å².